The van der Waals surface area contributed by atoms with Gasteiger partial charge < -0.3 is 5.11 Å². The number of benzene rings is 2. The van der Waals surface area contributed by atoms with Gasteiger partial charge in [-0.1, -0.05) is 24.3 Å². The maximum atomic E-state index is 14.2. The first-order valence-electron chi connectivity index (χ1n) is 7.85. The van der Waals surface area contributed by atoms with E-state index in [0.29, 0.717) is 11.1 Å². The van der Waals surface area contributed by atoms with Crippen molar-refractivity contribution in [3.8, 4) is 0 Å². The van der Waals surface area contributed by atoms with Crippen molar-refractivity contribution in [2.24, 2.45) is 0 Å². The molecule has 4 heteroatoms. The summed E-state index contributed by atoms with van der Waals surface area (Å²) >= 11 is 1.79. The number of aryl methyl sites for hydroxylation is 1. The third-order valence-corrected chi connectivity index (χ3v) is 5.29. The van der Waals surface area contributed by atoms with Crippen LogP contribution in [0.1, 0.15) is 23.6 Å². The number of aromatic nitrogens is 1. The Morgan fingerprint density at radius 2 is 2.00 bits per heavy atom. The molecule has 0 saturated heterocycles. The van der Waals surface area contributed by atoms with Crippen LogP contribution in [0.4, 0.5) is 4.39 Å². The summed E-state index contributed by atoms with van der Waals surface area (Å²) in [6, 6.07) is 14.5. The number of halogens is 1. The van der Waals surface area contributed by atoms with Crippen molar-refractivity contribution in [2.75, 3.05) is 5.75 Å². The predicted molar refractivity (Wildman–Crippen MR) is 96.9 cm³/mol. The molecule has 0 spiro atoms. The van der Waals surface area contributed by atoms with Crippen LogP contribution in [0.5, 0.6) is 0 Å². The molecule has 1 aliphatic rings. The first kappa shape index (κ1) is 15.2. The zero-order valence-electron chi connectivity index (χ0n) is 13.2. The van der Waals surface area contributed by atoms with Gasteiger partial charge in [0.1, 0.15) is 5.82 Å². The van der Waals surface area contributed by atoms with E-state index in [4.69, 9.17) is 4.98 Å². The Kier molecular flexibility index (Phi) is 3.77. The Balaban J connectivity index is 1.90. The zero-order chi connectivity index (χ0) is 16.7. The van der Waals surface area contributed by atoms with Gasteiger partial charge in [-0.15, -0.1) is 11.8 Å². The Labute approximate surface area is 144 Å². The Morgan fingerprint density at radius 1 is 1.17 bits per heavy atom. The van der Waals surface area contributed by atoms with E-state index in [1.165, 1.54) is 11.6 Å². The van der Waals surface area contributed by atoms with Gasteiger partial charge in [-0.05, 0) is 48.7 Å². The van der Waals surface area contributed by atoms with Crippen molar-refractivity contribution >= 4 is 28.2 Å². The van der Waals surface area contributed by atoms with Crippen molar-refractivity contribution in [2.45, 2.75) is 18.4 Å². The molecule has 0 aliphatic carbocycles. The second-order valence-corrected chi connectivity index (χ2v) is 6.98. The number of pyridine rings is 1. The molecule has 24 heavy (non-hydrogen) atoms. The maximum absolute atomic E-state index is 14.2. The average molecular weight is 337 g/mol. The minimum atomic E-state index is -0.343. The van der Waals surface area contributed by atoms with Crippen molar-refractivity contribution in [1.82, 2.24) is 4.98 Å². The quantitative estimate of drug-likeness (QED) is 0.639. The van der Waals surface area contributed by atoms with Gasteiger partial charge in [0.15, 0.2) is 0 Å². The van der Waals surface area contributed by atoms with Gasteiger partial charge in [-0.2, -0.15) is 0 Å². The molecule has 0 amide bonds. The second kappa shape index (κ2) is 5.95. The van der Waals surface area contributed by atoms with E-state index in [-0.39, 0.29) is 11.6 Å². The molecule has 2 aromatic carbocycles. The lowest BCUT2D eigenvalue weighted by Crippen LogP contribution is -1.96. The maximum Gasteiger partial charge on any atom is 0.131 e. The number of hydrogen-bond donors (Lipinski definition) is 1. The van der Waals surface area contributed by atoms with Crippen LogP contribution >= 0.6 is 11.8 Å². The highest BCUT2D eigenvalue weighted by atomic mass is 32.2. The van der Waals surface area contributed by atoms with E-state index in [0.717, 1.165) is 33.7 Å². The molecule has 0 fully saturated rings. The highest BCUT2D eigenvalue weighted by Gasteiger charge is 2.17. The molecular formula is C20H16FNOS. The number of fused-ring (bicyclic) bond motifs is 2. The summed E-state index contributed by atoms with van der Waals surface area (Å²) in [5.41, 5.74) is 3.91. The molecule has 0 bridgehead atoms. The van der Waals surface area contributed by atoms with Gasteiger partial charge in [0, 0.05) is 22.3 Å². The fourth-order valence-electron chi connectivity index (χ4n) is 3.14. The Hall–Kier alpha value is -2.33. The normalized spacial score (nSPS) is 14.6. The summed E-state index contributed by atoms with van der Waals surface area (Å²) in [7, 11) is 0. The first-order chi connectivity index (χ1) is 11.6. The van der Waals surface area contributed by atoms with Crippen LogP contribution in [0, 0.1) is 5.82 Å². The van der Waals surface area contributed by atoms with Gasteiger partial charge in [0.25, 0.3) is 0 Å². The van der Waals surface area contributed by atoms with Crippen LogP contribution < -0.4 is 0 Å². The van der Waals surface area contributed by atoms with E-state index in [1.807, 2.05) is 18.2 Å². The van der Waals surface area contributed by atoms with Crippen LogP contribution in [0.25, 0.3) is 16.5 Å². The van der Waals surface area contributed by atoms with Crippen molar-refractivity contribution in [3.63, 3.8) is 0 Å². The molecule has 2 nitrogen and oxygen atoms in total. The summed E-state index contributed by atoms with van der Waals surface area (Å²) in [4.78, 5) is 4.70. The number of aliphatic hydroxyl groups excluding tert-OH is 1. The number of rotatable bonds is 2. The van der Waals surface area contributed by atoms with Crippen LogP contribution in [0.15, 0.2) is 59.3 Å². The van der Waals surface area contributed by atoms with E-state index in [1.54, 1.807) is 36.9 Å². The molecular weight excluding hydrogens is 321 g/mol. The number of aliphatic hydroxyl groups is 1. The third kappa shape index (κ3) is 2.57. The van der Waals surface area contributed by atoms with Crippen molar-refractivity contribution < 1.29 is 9.50 Å². The lowest BCUT2D eigenvalue weighted by Gasteiger charge is -2.12. The molecule has 3 aromatic rings. The fraction of sp³-hybridized carbons (Fsp3) is 0.150. The van der Waals surface area contributed by atoms with E-state index in [2.05, 4.69) is 6.07 Å². The molecule has 0 unspecified atom stereocenters. The third-order valence-electron chi connectivity index (χ3n) is 4.26. The van der Waals surface area contributed by atoms with E-state index in [9.17, 15) is 9.50 Å². The summed E-state index contributed by atoms with van der Waals surface area (Å²) in [5.74, 6) is 0.829. The van der Waals surface area contributed by atoms with Gasteiger partial charge in [-0.3, -0.25) is 0 Å². The second-order valence-electron chi connectivity index (χ2n) is 5.90. The van der Waals surface area contributed by atoms with E-state index < -0.39 is 0 Å². The monoisotopic (exact) mass is 337 g/mol. The number of thioether (sulfide) groups is 1. The summed E-state index contributed by atoms with van der Waals surface area (Å²) < 4.78 is 14.2. The minimum Gasteiger partial charge on any atom is -0.512 e. The first-order valence-corrected chi connectivity index (χ1v) is 8.83. The van der Waals surface area contributed by atoms with Gasteiger partial charge in [0.05, 0.1) is 16.3 Å². The molecule has 1 aliphatic heterocycles. The standard InChI is InChI=1S/C20H16FNOS/c1-12(23)19(16-4-2-3-5-17(16)21)13-6-7-18-15(10-13)11-14-8-9-24-20(14)22-18/h2-7,10-11,23H,8-9H2,1H3/b19-12+. The average Bonchev–Trinajstić information content (AvgIpc) is 3.01. The lowest BCUT2D eigenvalue weighted by molar-refractivity contribution is 0.417. The number of allylic oxidation sites excluding steroid dienone is 1. The Bertz CT molecular complexity index is 977. The molecule has 4 rings (SSSR count). The molecule has 1 N–H and O–H groups in total. The largest absolute Gasteiger partial charge is 0.512 e. The van der Waals surface area contributed by atoms with Gasteiger partial charge >= 0.3 is 0 Å². The highest BCUT2D eigenvalue weighted by molar-refractivity contribution is 7.99. The SMILES string of the molecule is C/C(O)=C(/c1ccc2nc3c(cc2c1)CCS3)c1ccccc1F. The van der Waals surface area contributed by atoms with Gasteiger partial charge in [0.2, 0.25) is 0 Å². The van der Waals surface area contributed by atoms with Crippen molar-refractivity contribution in [3.05, 3.63) is 76.8 Å². The number of nitrogens with zero attached hydrogens (tertiary/aromatic N) is 1. The van der Waals surface area contributed by atoms with Crippen LogP contribution in [0.2, 0.25) is 0 Å². The molecule has 0 radical (unpaired) electrons. The summed E-state index contributed by atoms with van der Waals surface area (Å²) in [5, 5.41) is 12.3. The smallest absolute Gasteiger partial charge is 0.131 e. The summed E-state index contributed by atoms with van der Waals surface area (Å²) in [6.45, 7) is 1.59. The van der Waals surface area contributed by atoms with Crippen LogP contribution in [0.3, 0.4) is 0 Å². The summed E-state index contributed by atoms with van der Waals surface area (Å²) in [6.07, 6.45) is 1.03. The molecule has 1 aromatic heterocycles. The van der Waals surface area contributed by atoms with Crippen LogP contribution in [-0.4, -0.2) is 15.8 Å². The zero-order valence-corrected chi connectivity index (χ0v) is 14.0. The molecule has 0 atom stereocenters. The van der Waals surface area contributed by atoms with Crippen molar-refractivity contribution in [1.29, 1.82) is 0 Å². The highest BCUT2D eigenvalue weighted by Crippen LogP contribution is 2.34. The number of hydrogen-bond acceptors (Lipinski definition) is 3. The minimum absolute atomic E-state index is 0.101. The lowest BCUT2D eigenvalue weighted by atomic mass is 9.95. The van der Waals surface area contributed by atoms with E-state index >= 15 is 0 Å². The molecule has 0 saturated carbocycles. The van der Waals surface area contributed by atoms with Crippen LogP contribution in [-0.2, 0) is 6.42 Å². The topological polar surface area (TPSA) is 33.1 Å². The predicted octanol–water partition coefficient (Wildman–Crippen LogP) is 5.36. The molecule has 2 heterocycles. The fourth-order valence-corrected chi connectivity index (χ4v) is 4.17. The van der Waals surface area contributed by atoms with Gasteiger partial charge in [-0.25, -0.2) is 9.37 Å². The molecule has 120 valence electrons. The Morgan fingerprint density at radius 3 is 2.79 bits per heavy atom.